The van der Waals surface area contributed by atoms with Gasteiger partial charge in [-0.25, -0.2) is 9.97 Å². The summed E-state index contributed by atoms with van der Waals surface area (Å²) in [5, 5.41) is 3.59. The number of nitrogens with zero attached hydrogens (tertiary/aromatic N) is 3. The predicted molar refractivity (Wildman–Crippen MR) is 88.8 cm³/mol. The normalized spacial score (nSPS) is 15.6. The lowest BCUT2D eigenvalue weighted by atomic mass is 9.99. The van der Waals surface area contributed by atoms with Crippen LogP contribution < -0.4 is 10.2 Å². The fourth-order valence-electron chi connectivity index (χ4n) is 2.21. The quantitative estimate of drug-likeness (QED) is 0.835. The zero-order valence-corrected chi connectivity index (χ0v) is 14.4. The molecule has 2 rings (SSSR count). The lowest BCUT2D eigenvalue weighted by Crippen LogP contribution is -2.41. The molecule has 0 atom stereocenters. The molecule has 0 spiro atoms. The number of nitrogens with one attached hydrogen (secondary N) is 1. The van der Waals surface area contributed by atoms with E-state index in [4.69, 9.17) is 4.98 Å². The Balaban J connectivity index is 2.28. The first kappa shape index (κ1) is 16.2. The minimum atomic E-state index is 0.108. The second-order valence-electron chi connectivity index (χ2n) is 7.10. The molecule has 0 amide bonds. The van der Waals surface area contributed by atoms with Crippen molar-refractivity contribution >= 4 is 5.69 Å². The third kappa shape index (κ3) is 3.94. The molecule has 4 nitrogen and oxygen atoms in total. The van der Waals surface area contributed by atoms with E-state index in [1.54, 1.807) is 0 Å². The average Bonchev–Trinajstić information content (AvgIpc) is 3.28. The number of aromatic nitrogens is 2. The van der Waals surface area contributed by atoms with Crippen molar-refractivity contribution in [2.45, 2.75) is 77.9 Å². The van der Waals surface area contributed by atoms with Crippen LogP contribution in [0.3, 0.4) is 0 Å². The Bertz CT molecular complexity index is 478. The second kappa shape index (κ2) is 6.30. The first-order valence-corrected chi connectivity index (χ1v) is 8.18. The van der Waals surface area contributed by atoms with Crippen molar-refractivity contribution in [3.63, 3.8) is 0 Å². The van der Waals surface area contributed by atoms with Crippen LogP contribution in [-0.2, 0) is 6.54 Å². The molecule has 118 valence electrons. The van der Waals surface area contributed by atoms with Gasteiger partial charge in [-0.05, 0) is 33.1 Å². The van der Waals surface area contributed by atoms with E-state index in [1.165, 1.54) is 12.8 Å². The van der Waals surface area contributed by atoms with Gasteiger partial charge in [0.25, 0.3) is 0 Å². The van der Waals surface area contributed by atoms with E-state index in [1.807, 2.05) is 6.20 Å². The molecule has 1 saturated carbocycles. The number of hydrogen-bond donors (Lipinski definition) is 1. The van der Waals surface area contributed by atoms with Gasteiger partial charge in [0.15, 0.2) is 0 Å². The summed E-state index contributed by atoms with van der Waals surface area (Å²) < 4.78 is 0. The molecule has 1 fully saturated rings. The van der Waals surface area contributed by atoms with Gasteiger partial charge >= 0.3 is 0 Å². The summed E-state index contributed by atoms with van der Waals surface area (Å²) in [7, 11) is 2.15. The average molecular weight is 290 g/mol. The van der Waals surface area contributed by atoms with Crippen LogP contribution in [0.15, 0.2) is 6.20 Å². The summed E-state index contributed by atoms with van der Waals surface area (Å²) in [6, 6.07) is 0.694. The second-order valence-corrected chi connectivity index (χ2v) is 7.10. The van der Waals surface area contributed by atoms with Crippen LogP contribution in [0.4, 0.5) is 5.69 Å². The van der Waals surface area contributed by atoms with E-state index < -0.39 is 0 Å². The van der Waals surface area contributed by atoms with Gasteiger partial charge in [-0.2, -0.15) is 0 Å². The van der Waals surface area contributed by atoms with Crippen LogP contribution >= 0.6 is 0 Å². The summed E-state index contributed by atoms with van der Waals surface area (Å²) in [5.41, 5.74) is 2.39. The molecule has 0 saturated heterocycles. The highest BCUT2D eigenvalue weighted by Gasteiger charge is 2.26. The fourth-order valence-corrected chi connectivity index (χ4v) is 2.21. The Morgan fingerprint density at radius 3 is 2.57 bits per heavy atom. The molecule has 1 aliphatic carbocycles. The summed E-state index contributed by atoms with van der Waals surface area (Å²) >= 11 is 0. The highest BCUT2D eigenvalue weighted by Crippen LogP contribution is 2.28. The van der Waals surface area contributed by atoms with Gasteiger partial charge in [0, 0.05) is 31.1 Å². The van der Waals surface area contributed by atoms with Gasteiger partial charge in [-0.1, -0.05) is 20.8 Å². The van der Waals surface area contributed by atoms with Gasteiger partial charge in [-0.3, -0.25) is 0 Å². The smallest absolute Gasteiger partial charge is 0.131 e. The molecule has 0 aliphatic heterocycles. The SMILES string of the molecule is CCC(C)(C)N(C)c1cnc(C(C)C)nc1CNC1CC1. The van der Waals surface area contributed by atoms with Crippen molar-refractivity contribution in [1.82, 2.24) is 15.3 Å². The Hall–Kier alpha value is -1.16. The molecule has 1 N–H and O–H groups in total. The fraction of sp³-hybridized carbons (Fsp3) is 0.765. The third-order valence-corrected chi connectivity index (χ3v) is 4.65. The van der Waals surface area contributed by atoms with Crippen LogP contribution in [0.2, 0.25) is 0 Å². The summed E-state index contributed by atoms with van der Waals surface area (Å²) in [5.74, 6) is 1.30. The number of hydrogen-bond acceptors (Lipinski definition) is 4. The van der Waals surface area contributed by atoms with Crippen LogP contribution in [0.5, 0.6) is 0 Å². The maximum Gasteiger partial charge on any atom is 0.131 e. The van der Waals surface area contributed by atoms with Crippen LogP contribution in [0.1, 0.15) is 71.3 Å². The number of anilines is 1. The first-order valence-electron chi connectivity index (χ1n) is 8.18. The van der Waals surface area contributed by atoms with E-state index in [9.17, 15) is 0 Å². The molecular formula is C17H30N4. The first-order chi connectivity index (χ1) is 9.85. The zero-order chi connectivity index (χ0) is 15.6. The van der Waals surface area contributed by atoms with Crippen LogP contribution in [0, 0.1) is 0 Å². The van der Waals surface area contributed by atoms with Crippen molar-refractivity contribution in [1.29, 1.82) is 0 Å². The maximum atomic E-state index is 4.83. The minimum absolute atomic E-state index is 0.108. The Morgan fingerprint density at radius 1 is 1.38 bits per heavy atom. The van der Waals surface area contributed by atoms with Crippen LogP contribution in [0.25, 0.3) is 0 Å². The predicted octanol–water partition coefficient (Wildman–Crippen LogP) is 3.48. The standard InChI is InChI=1S/C17H30N4/c1-7-17(4,5)21(6)15-11-19-16(12(2)3)20-14(15)10-18-13-8-9-13/h11-13,18H,7-10H2,1-6H3. The molecule has 1 aromatic heterocycles. The molecular weight excluding hydrogens is 260 g/mol. The van der Waals surface area contributed by atoms with E-state index in [0.717, 1.165) is 30.2 Å². The summed E-state index contributed by atoms with van der Waals surface area (Å²) in [6.45, 7) is 11.9. The topological polar surface area (TPSA) is 41.1 Å². The molecule has 4 heteroatoms. The number of rotatable bonds is 7. The lowest BCUT2D eigenvalue weighted by Gasteiger charge is -2.37. The summed E-state index contributed by atoms with van der Waals surface area (Å²) in [4.78, 5) is 11.7. The molecule has 1 aromatic rings. The highest BCUT2D eigenvalue weighted by atomic mass is 15.2. The Kier molecular flexibility index (Phi) is 4.87. The monoisotopic (exact) mass is 290 g/mol. The van der Waals surface area contributed by atoms with Gasteiger partial charge in [0.1, 0.15) is 5.82 Å². The highest BCUT2D eigenvalue weighted by molar-refractivity contribution is 5.50. The lowest BCUT2D eigenvalue weighted by molar-refractivity contribution is 0.467. The molecule has 0 aromatic carbocycles. The van der Waals surface area contributed by atoms with E-state index in [2.05, 4.69) is 56.9 Å². The molecule has 21 heavy (non-hydrogen) atoms. The molecule has 0 radical (unpaired) electrons. The van der Waals surface area contributed by atoms with E-state index >= 15 is 0 Å². The molecule has 1 heterocycles. The van der Waals surface area contributed by atoms with Gasteiger partial charge in [0.2, 0.25) is 0 Å². The van der Waals surface area contributed by atoms with E-state index in [0.29, 0.717) is 12.0 Å². The maximum absolute atomic E-state index is 4.83. The molecule has 1 aliphatic rings. The minimum Gasteiger partial charge on any atom is -0.367 e. The van der Waals surface area contributed by atoms with Crippen molar-refractivity contribution in [2.75, 3.05) is 11.9 Å². The molecule has 0 unspecified atom stereocenters. The Morgan fingerprint density at radius 2 is 2.05 bits per heavy atom. The Labute approximate surface area is 129 Å². The van der Waals surface area contributed by atoms with Crippen LogP contribution in [-0.4, -0.2) is 28.6 Å². The van der Waals surface area contributed by atoms with Gasteiger partial charge in [0.05, 0.1) is 17.6 Å². The largest absolute Gasteiger partial charge is 0.367 e. The molecule has 0 bridgehead atoms. The summed E-state index contributed by atoms with van der Waals surface area (Å²) in [6.07, 6.45) is 5.69. The van der Waals surface area contributed by atoms with Crippen molar-refractivity contribution in [3.05, 3.63) is 17.7 Å². The zero-order valence-electron chi connectivity index (χ0n) is 14.4. The van der Waals surface area contributed by atoms with E-state index in [-0.39, 0.29) is 5.54 Å². The van der Waals surface area contributed by atoms with Crippen molar-refractivity contribution in [3.8, 4) is 0 Å². The van der Waals surface area contributed by atoms with Crippen molar-refractivity contribution in [2.24, 2.45) is 0 Å². The third-order valence-electron chi connectivity index (χ3n) is 4.65. The van der Waals surface area contributed by atoms with Crippen molar-refractivity contribution < 1.29 is 0 Å². The van der Waals surface area contributed by atoms with Gasteiger partial charge in [-0.15, -0.1) is 0 Å². The van der Waals surface area contributed by atoms with Gasteiger partial charge < -0.3 is 10.2 Å².